The molecule has 0 spiro atoms. The number of carboxylic acids is 1. The molecule has 28 heavy (non-hydrogen) atoms. The number of alkyl halides is 3. The number of rotatable bonds is 4. The average molecular weight is 477 g/mol. The fourth-order valence-corrected chi connectivity index (χ4v) is 4.17. The molecule has 1 aliphatic rings. The maximum absolute atomic E-state index is 13.4. The first-order chi connectivity index (χ1) is 13.2. The summed E-state index contributed by atoms with van der Waals surface area (Å²) in [6.07, 6.45) is -2.57. The van der Waals surface area contributed by atoms with E-state index in [0.29, 0.717) is 18.5 Å². The molecule has 0 amide bonds. The molecule has 150 valence electrons. The highest BCUT2D eigenvalue weighted by molar-refractivity contribution is 9.10. The SMILES string of the molecule is O=C(O)C1CCCCN1C(c1ccc(Br)cc1)c1ccc(Cl)c(C(F)(F)F)c1. The number of halogens is 5. The number of hydrogen-bond donors (Lipinski definition) is 1. The Balaban J connectivity index is 2.14. The van der Waals surface area contributed by atoms with Crippen molar-refractivity contribution in [2.24, 2.45) is 0 Å². The second kappa shape index (κ2) is 8.43. The van der Waals surface area contributed by atoms with E-state index < -0.39 is 29.8 Å². The van der Waals surface area contributed by atoms with Crippen molar-refractivity contribution in [2.75, 3.05) is 6.54 Å². The van der Waals surface area contributed by atoms with Gasteiger partial charge in [0.2, 0.25) is 0 Å². The predicted octanol–water partition coefficient (Wildman–Crippen LogP) is 6.15. The first kappa shape index (κ1) is 21.1. The number of aliphatic carboxylic acids is 1. The maximum atomic E-state index is 13.4. The van der Waals surface area contributed by atoms with E-state index in [2.05, 4.69) is 15.9 Å². The summed E-state index contributed by atoms with van der Waals surface area (Å²) in [5.74, 6) is -0.966. The van der Waals surface area contributed by atoms with Gasteiger partial charge in [0.25, 0.3) is 0 Å². The Morgan fingerprint density at radius 3 is 2.39 bits per heavy atom. The minimum absolute atomic E-state index is 0.368. The van der Waals surface area contributed by atoms with Crippen LogP contribution in [-0.4, -0.2) is 28.6 Å². The molecule has 0 radical (unpaired) electrons. The third-order valence-electron chi connectivity index (χ3n) is 4.96. The van der Waals surface area contributed by atoms with Crippen molar-refractivity contribution >= 4 is 33.5 Å². The lowest BCUT2D eigenvalue weighted by atomic mass is 9.91. The van der Waals surface area contributed by atoms with Gasteiger partial charge in [-0.25, -0.2) is 0 Å². The fraction of sp³-hybridized carbons (Fsp3) is 0.350. The molecule has 2 aromatic rings. The molecular weight excluding hydrogens is 459 g/mol. The quantitative estimate of drug-likeness (QED) is 0.575. The molecule has 2 aromatic carbocycles. The van der Waals surface area contributed by atoms with E-state index in [1.165, 1.54) is 12.1 Å². The Bertz CT molecular complexity index is 858. The molecule has 2 atom stereocenters. The lowest BCUT2D eigenvalue weighted by molar-refractivity contribution is -0.145. The molecule has 0 bridgehead atoms. The Labute approximate surface area is 174 Å². The van der Waals surface area contributed by atoms with Gasteiger partial charge in [-0.1, -0.05) is 52.2 Å². The summed E-state index contributed by atoms with van der Waals surface area (Å²) in [5, 5.41) is 9.30. The molecule has 1 N–H and O–H groups in total. The van der Waals surface area contributed by atoms with Gasteiger partial charge in [0, 0.05) is 4.47 Å². The number of nitrogens with zero attached hydrogens (tertiary/aromatic N) is 1. The van der Waals surface area contributed by atoms with Crippen molar-refractivity contribution in [3.8, 4) is 0 Å². The fourth-order valence-electron chi connectivity index (χ4n) is 3.68. The van der Waals surface area contributed by atoms with Crippen molar-refractivity contribution in [1.82, 2.24) is 4.90 Å². The maximum Gasteiger partial charge on any atom is 0.417 e. The summed E-state index contributed by atoms with van der Waals surface area (Å²) >= 11 is 9.14. The molecule has 0 aromatic heterocycles. The molecule has 8 heteroatoms. The molecule has 0 aliphatic carbocycles. The largest absolute Gasteiger partial charge is 0.480 e. The Morgan fingerprint density at radius 2 is 1.79 bits per heavy atom. The summed E-state index contributed by atoms with van der Waals surface area (Å²) < 4.78 is 41.0. The van der Waals surface area contributed by atoms with Crippen LogP contribution in [-0.2, 0) is 11.0 Å². The van der Waals surface area contributed by atoms with Crippen LogP contribution in [0.3, 0.4) is 0 Å². The van der Waals surface area contributed by atoms with E-state index in [1.54, 1.807) is 29.2 Å². The second-order valence-electron chi connectivity index (χ2n) is 6.78. The normalized spacial score (nSPS) is 19.4. The van der Waals surface area contributed by atoms with Gasteiger partial charge >= 0.3 is 12.1 Å². The molecule has 3 nitrogen and oxygen atoms in total. The molecule has 1 saturated heterocycles. The number of hydrogen-bond acceptors (Lipinski definition) is 2. The Kier molecular flexibility index (Phi) is 6.37. The van der Waals surface area contributed by atoms with Crippen molar-refractivity contribution in [3.05, 3.63) is 68.7 Å². The number of piperidine rings is 1. The van der Waals surface area contributed by atoms with Crippen LogP contribution in [0.5, 0.6) is 0 Å². The summed E-state index contributed by atoms with van der Waals surface area (Å²) in [7, 11) is 0. The van der Waals surface area contributed by atoms with Crippen molar-refractivity contribution in [2.45, 2.75) is 37.5 Å². The summed E-state index contributed by atoms with van der Waals surface area (Å²) in [6, 6.07) is 9.60. The van der Waals surface area contributed by atoms with Gasteiger partial charge in [-0.05, 0) is 54.8 Å². The van der Waals surface area contributed by atoms with Crippen LogP contribution in [0.4, 0.5) is 13.2 Å². The number of carbonyl (C=O) groups is 1. The van der Waals surface area contributed by atoms with E-state index in [4.69, 9.17) is 11.6 Å². The highest BCUT2D eigenvalue weighted by Gasteiger charge is 2.38. The third-order valence-corrected chi connectivity index (χ3v) is 5.82. The molecule has 3 rings (SSSR count). The third kappa shape index (κ3) is 4.53. The molecule has 1 fully saturated rings. The molecule has 2 unspecified atom stereocenters. The molecule has 1 heterocycles. The minimum Gasteiger partial charge on any atom is -0.480 e. The van der Waals surface area contributed by atoms with Gasteiger partial charge in [0.1, 0.15) is 6.04 Å². The van der Waals surface area contributed by atoms with Crippen LogP contribution in [0.2, 0.25) is 5.02 Å². The topological polar surface area (TPSA) is 40.5 Å². The van der Waals surface area contributed by atoms with Crippen LogP contribution in [0, 0.1) is 0 Å². The van der Waals surface area contributed by atoms with E-state index >= 15 is 0 Å². The van der Waals surface area contributed by atoms with Crippen molar-refractivity contribution in [1.29, 1.82) is 0 Å². The van der Waals surface area contributed by atoms with Crippen molar-refractivity contribution in [3.63, 3.8) is 0 Å². The van der Waals surface area contributed by atoms with Gasteiger partial charge in [0.05, 0.1) is 16.6 Å². The number of benzene rings is 2. The van der Waals surface area contributed by atoms with Gasteiger partial charge in [-0.15, -0.1) is 0 Å². The van der Waals surface area contributed by atoms with Crippen LogP contribution < -0.4 is 0 Å². The van der Waals surface area contributed by atoms with E-state index in [1.807, 2.05) is 0 Å². The summed E-state index contributed by atoms with van der Waals surface area (Å²) in [4.78, 5) is 13.6. The molecule has 1 aliphatic heterocycles. The zero-order valence-corrected chi connectivity index (χ0v) is 17.1. The Morgan fingerprint density at radius 1 is 1.14 bits per heavy atom. The van der Waals surface area contributed by atoms with Gasteiger partial charge in [-0.2, -0.15) is 13.2 Å². The second-order valence-corrected chi connectivity index (χ2v) is 8.10. The zero-order chi connectivity index (χ0) is 20.5. The lowest BCUT2D eigenvalue weighted by Crippen LogP contribution is -2.46. The van der Waals surface area contributed by atoms with Gasteiger partial charge in [0.15, 0.2) is 0 Å². The first-order valence-corrected chi connectivity index (χ1v) is 9.96. The monoisotopic (exact) mass is 475 g/mol. The number of carboxylic acid groups (broad SMARTS) is 1. The van der Waals surface area contributed by atoms with Gasteiger partial charge < -0.3 is 5.11 Å². The molecule has 0 saturated carbocycles. The highest BCUT2D eigenvalue weighted by Crippen LogP contribution is 2.40. The van der Waals surface area contributed by atoms with E-state index in [-0.39, 0.29) is 5.02 Å². The van der Waals surface area contributed by atoms with E-state index in [0.717, 1.165) is 28.9 Å². The average Bonchev–Trinajstić information content (AvgIpc) is 2.64. The predicted molar refractivity (Wildman–Crippen MR) is 104 cm³/mol. The lowest BCUT2D eigenvalue weighted by Gasteiger charge is -2.40. The van der Waals surface area contributed by atoms with Crippen LogP contribution >= 0.6 is 27.5 Å². The number of likely N-dealkylation sites (tertiary alicyclic amines) is 1. The Hall–Kier alpha value is -1.57. The van der Waals surface area contributed by atoms with Crippen LogP contribution in [0.15, 0.2) is 46.9 Å². The molecular formula is C20H18BrClF3NO2. The minimum atomic E-state index is -4.59. The summed E-state index contributed by atoms with van der Waals surface area (Å²) in [5.41, 5.74) is 0.177. The summed E-state index contributed by atoms with van der Waals surface area (Å²) in [6.45, 7) is 0.488. The van der Waals surface area contributed by atoms with Crippen molar-refractivity contribution < 1.29 is 23.1 Å². The standard InChI is InChI=1S/C20H18BrClF3NO2/c21-14-7-4-12(5-8-14)18(26-10-2-1-3-17(26)19(27)28)13-6-9-16(22)15(11-13)20(23,24)25/h4-9,11,17-18H,1-3,10H2,(H,27,28). The highest BCUT2D eigenvalue weighted by atomic mass is 79.9. The smallest absolute Gasteiger partial charge is 0.417 e. The van der Waals surface area contributed by atoms with Crippen LogP contribution in [0.25, 0.3) is 0 Å². The first-order valence-electron chi connectivity index (χ1n) is 8.79. The van der Waals surface area contributed by atoms with Crippen LogP contribution in [0.1, 0.15) is 42.0 Å². The zero-order valence-electron chi connectivity index (χ0n) is 14.7. The van der Waals surface area contributed by atoms with E-state index in [9.17, 15) is 23.1 Å². The van der Waals surface area contributed by atoms with Gasteiger partial charge in [-0.3, -0.25) is 9.69 Å².